The van der Waals surface area contributed by atoms with Crippen molar-refractivity contribution in [1.82, 2.24) is 19.7 Å². The standard InChI is InChI=1S/C24H22N4O4/c29-21(22(30)20-12-26-23-25-10-5-11-28(20)23)13-27-24(31)32-14-19-17-8-3-1-6-15(17)16-7-2-4-9-18(16)19/h1-12,19,21-22,29-30H,13-14H2,(H,27,31). The topological polar surface area (TPSA) is 109 Å². The van der Waals surface area contributed by atoms with Crippen molar-refractivity contribution in [2.24, 2.45) is 0 Å². The van der Waals surface area contributed by atoms with Crippen LogP contribution in [0.3, 0.4) is 0 Å². The smallest absolute Gasteiger partial charge is 0.407 e. The van der Waals surface area contributed by atoms with E-state index in [4.69, 9.17) is 4.74 Å². The molecule has 2 aromatic heterocycles. The van der Waals surface area contributed by atoms with E-state index in [0.717, 1.165) is 22.3 Å². The lowest BCUT2D eigenvalue weighted by molar-refractivity contribution is 0.0156. The summed E-state index contributed by atoms with van der Waals surface area (Å²) in [4.78, 5) is 20.5. The highest BCUT2D eigenvalue weighted by Crippen LogP contribution is 2.44. The minimum atomic E-state index is -1.25. The first-order valence-electron chi connectivity index (χ1n) is 10.4. The number of aromatic nitrogens is 3. The summed E-state index contributed by atoms with van der Waals surface area (Å²) < 4.78 is 7.04. The van der Waals surface area contributed by atoms with Gasteiger partial charge in [0.05, 0.1) is 11.9 Å². The molecule has 162 valence electrons. The lowest BCUT2D eigenvalue weighted by Gasteiger charge is -2.19. The Balaban J connectivity index is 1.20. The van der Waals surface area contributed by atoms with Crippen molar-refractivity contribution in [3.05, 3.63) is 90.0 Å². The second-order valence-electron chi connectivity index (χ2n) is 7.69. The minimum absolute atomic E-state index is 0.0469. The third-order valence-electron chi connectivity index (χ3n) is 5.78. The zero-order valence-corrected chi connectivity index (χ0v) is 17.1. The van der Waals surface area contributed by atoms with Crippen LogP contribution in [0.4, 0.5) is 4.79 Å². The van der Waals surface area contributed by atoms with Gasteiger partial charge in [0.2, 0.25) is 5.78 Å². The first-order valence-corrected chi connectivity index (χ1v) is 10.4. The van der Waals surface area contributed by atoms with Gasteiger partial charge in [-0.15, -0.1) is 0 Å². The van der Waals surface area contributed by atoms with Crippen LogP contribution in [0.15, 0.2) is 73.2 Å². The number of amides is 1. The number of hydrogen-bond acceptors (Lipinski definition) is 6. The van der Waals surface area contributed by atoms with E-state index in [2.05, 4.69) is 27.4 Å². The number of hydrogen-bond donors (Lipinski definition) is 3. The molecule has 4 aromatic rings. The van der Waals surface area contributed by atoms with Crippen LogP contribution in [-0.4, -0.2) is 49.9 Å². The molecule has 0 radical (unpaired) electrons. The molecule has 0 fully saturated rings. The number of nitrogens with zero attached hydrogens (tertiary/aromatic N) is 3. The summed E-state index contributed by atoms with van der Waals surface area (Å²) in [6, 6.07) is 17.9. The number of nitrogens with one attached hydrogen (secondary N) is 1. The maximum absolute atomic E-state index is 12.3. The summed E-state index contributed by atoms with van der Waals surface area (Å²) in [6.07, 6.45) is 1.59. The molecule has 2 aromatic carbocycles. The summed E-state index contributed by atoms with van der Waals surface area (Å²) in [5.41, 5.74) is 4.93. The van der Waals surface area contributed by atoms with Crippen molar-refractivity contribution in [3.63, 3.8) is 0 Å². The summed E-state index contributed by atoms with van der Waals surface area (Å²) in [5, 5.41) is 23.4. The van der Waals surface area contributed by atoms with E-state index in [1.165, 1.54) is 6.20 Å². The molecule has 0 bridgehead atoms. The fourth-order valence-corrected chi connectivity index (χ4v) is 4.21. The highest BCUT2D eigenvalue weighted by Gasteiger charge is 2.29. The van der Waals surface area contributed by atoms with Crippen molar-refractivity contribution >= 4 is 11.9 Å². The average molecular weight is 430 g/mol. The molecule has 32 heavy (non-hydrogen) atoms. The Morgan fingerprint density at radius 2 is 1.72 bits per heavy atom. The number of rotatable bonds is 6. The third-order valence-corrected chi connectivity index (χ3v) is 5.78. The van der Waals surface area contributed by atoms with Crippen LogP contribution in [0.25, 0.3) is 16.9 Å². The summed E-state index contributed by atoms with van der Waals surface area (Å²) in [6.45, 7) is 0.00275. The van der Waals surface area contributed by atoms with Crippen LogP contribution < -0.4 is 5.32 Å². The predicted molar refractivity (Wildman–Crippen MR) is 117 cm³/mol. The van der Waals surface area contributed by atoms with Gasteiger partial charge >= 0.3 is 6.09 Å². The normalized spacial score (nSPS) is 14.6. The zero-order valence-electron chi connectivity index (χ0n) is 17.1. The van der Waals surface area contributed by atoms with E-state index >= 15 is 0 Å². The third kappa shape index (κ3) is 3.59. The summed E-state index contributed by atoms with van der Waals surface area (Å²) >= 11 is 0. The molecule has 0 saturated carbocycles. The Hall–Kier alpha value is -3.75. The molecule has 0 aliphatic heterocycles. The Labute approximate surface area is 184 Å². The van der Waals surface area contributed by atoms with Crippen LogP contribution in [0.5, 0.6) is 0 Å². The van der Waals surface area contributed by atoms with E-state index in [0.29, 0.717) is 11.5 Å². The maximum Gasteiger partial charge on any atom is 0.407 e. The molecular weight excluding hydrogens is 408 g/mol. The molecule has 3 N–H and O–H groups in total. The fraction of sp³-hybridized carbons (Fsp3) is 0.208. The van der Waals surface area contributed by atoms with E-state index in [9.17, 15) is 15.0 Å². The van der Waals surface area contributed by atoms with Crippen molar-refractivity contribution in [3.8, 4) is 11.1 Å². The number of aliphatic hydroxyl groups is 2. The summed E-state index contributed by atoms with van der Waals surface area (Å²) in [5.74, 6) is 0.368. The van der Waals surface area contributed by atoms with Gasteiger partial charge in [0.1, 0.15) is 18.8 Å². The van der Waals surface area contributed by atoms with Gasteiger partial charge in [0, 0.05) is 24.9 Å². The average Bonchev–Trinajstić information content (AvgIpc) is 3.40. The number of alkyl carbamates (subject to hydrolysis) is 1. The van der Waals surface area contributed by atoms with Gasteiger partial charge in [0.15, 0.2) is 0 Å². The number of benzene rings is 2. The van der Waals surface area contributed by atoms with Crippen LogP contribution in [0.2, 0.25) is 0 Å². The Kier molecular flexibility index (Phi) is 5.30. The molecule has 8 heteroatoms. The minimum Gasteiger partial charge on any atom is -0.449 e. The van der Waals surface area contributed by atoms with Crippen molar-refractivity contribution in [2.45, 2.75) is 18.1 Å². The molecule has 2 atom stereocenters. The quantitative estimate of drug-likeness (QED) is 0.434. The largest absolute Gasteiger partial charge is 0.449 e. The van der Waals surface area contributed by atoms with Crippen molar-refractivity contribution in [2.75, 3.05) is 13.2 Å². The lowest BCUT2D eigenvalue weighted by Crippen LogP contribution is -2.36. The number of fused-ring (bicyclic) bond motifs is 4. The maximum atomic E-state index is 12.3. The number of carbonyl (C=O) groups excluding carboxylic acids is 1. The highest BCUT2D eigenvalue weighted by molar-refractivity contribution is 5.79. The van der Waals surface area contributed by atoms with Gasteiger partial charge in [-0.2, -0.15) is 0 Å². The van der Waals surface area contributed by atoms with Crippen LogP contribution in [0, 0.1) is 0 Å². The number of aliphatic hydroxyl groups excluding tert-OH is 2. The SMILES string of the molecule is O=C(NCC(O)C(O)c1cnc2ncccn12)OCC1c2ccccc2-c2ccccc21. The highest BCUT2D eigenvalue weighted by atomic mass is 16.5. The molecule has 1 aliphatic carbocycles. The van der Waals surface area contributed by atoms with Gasteiger partial charge in [-0.05, 0) is 28.3 Å². The van der Waals surface area contributed by atoms with Crippen LogP contribution >= 0.6 is 0 Å². The Bertz CT molecular complexity index is 1230. The molecule has 5 rings (SSSR count). The van der Waals surface area contributed by atoms with Gasteiger partial charge in [-0.3, -0.25) is 4.40 Å². The van der Waals surface area contributed by atoms with E-state index < -0.39 is 18.3 Å². The fourth-order valence-electron chi connectivity index (χ4n) is 4.21. The molecule has 1 amide bonds. The Morgan fingerprint density at radius 3 is 2.44 bits per heavy atom. The second kappa shape index (κ2) is 8.41. The molecule has 2 unspecified atom stereocenters. The molecule has 2 heterocycles. The second-order valence-corrected chi connectivity index (χ2v) is 7.69. The molecule has 0 spiro atoms. The van der Waals surface area contributed by atoms with Gasteiger partial charge in [-0.25, -0.2) is 14.8 Å². The Morgan fingerprint density at radius 1 is 1.03 bits per heavy atom. The number of carbonyl (C=O) groups is 1. The van der Waals surface area contributed by atoms with Crippen LogP contribution in [0.1, 0.15) is 28.8 Å². The molecular formula is C24H22N4O4. The monoisotopic (exact) mass is 430 g/mol. The van der Waals surface area contributed by atoms with Gasteiger partial charge in [0.25, 0.3) is 0 Å². The molecule has 1 aliphatic rings. The number of imidazole rings is 1. The number of ether oxygens (including phenoxy) is 1. The van der Waals surface area contributed by atoms with Gasteiger partial charge in [-0.1, -0.05) is 48.5 Å². The van der Waals surface area contributed by atoms with Gasteiger partial charge < -0.3 is 20.3 Å². The molecule has 8 nitrogen and oxygen atoms in total. The molecule has 0 saturated heterocycles. The summed E-state index contributed by atoms with van der Waals surface area (Å²) in [7, 11) is 0. The van der Waals surface area contributed by atoms with E-state index in [1.807, 2.05) is 36.4 Å². The first kappa shape index (κ1) is 20.2. The van der Waals surface area contributed by atoms with E-state index in [1.54, 1.807) is 22.9 Å². The van der Waals surface area contributed by atoms with Crippen molar-refractivity contribution in [1.29, 1.82) is 0 Å². The van der Waals surface area contributed by atoms with Crippen LogP contribution in [-0.2, 0) is 4.74 Å². The predicted octanol–water partition coefficient (Wildman–Crippen LogP) is 2.66. The van der Waals surface area contributed by atoms with Crippen molar-refractivity contribution < 1.29 is 19.7 Å². The lowest BCUT2D eigenvalue weighted by atomic mass is 9.98. The first-order chi connectivity index (χ1) is 15.6. The van der Waals surface area contributed by atoms with E-state index in [-0.39, 0.29) is 19.1 Å². The zero-order chi connectivity index (χ0) is 22.1.